The Morgan fingerprint density at radius 1 is 1.13 bits per heavy atom. The summed E-state index contributed by atoms with van der Waals surface area (Å²) in [6.45, 7) is 2.24. The van der Waals surface area contributed by atoms with Crippen LogP contribution in [-0.4, -0.2) is 5.91 Å². The lowest BCUT2D eigenvalue weighted by molar-refractivity contribution is -0.117. The Labute approximate surface area is 185 Å². The van der Waals surface area contributed by atoms with Crippen molar-refractivity contribution < 1.29 is 13.6 Å². The van der Waals surface area contributed by atoms with Crippen LogP contribution >= 0.6 is 11.8 Å². The number of halogens is 1. The number of nitrogens with one attached hydrogen (secondary N) is 2. The first-order valence-corrected chi connectivity index (χ1v) is 10.8. The summed E-state index contributed by atoms with van der Waals surface area (Å²) in [7, 11) is 0. The van der Waals surface area contributed by atoms with Crippen molar-refractivity contribution >= 4 is 23.4 Å². The minimum Gasteiger partial charge on any atom is -0.467 e. The van der Waals surface area contributed by atoms with Gasteiger partial charge in [-0.2, -0.15) is 5.26 Å². The summed E-state index contributed by atoms with van der Waals surface area (Å²) in [4.78, 5) is 12.7. The van der Waals surface area contributed by atoms with Gasteiger partial charge in [-0.25, -0.2) is 4.39 Å². The van der Waals surface area contributed by atoms with Crippen molar-refractivity contribution in [3.8, 4) is 6.07 Å². The number of benzene rings is 2. The van der Waals surface area contributed by atoms with Gasteiger partial charge >= 0.3 is 0 Å². The van der Waals surface area contributed by atoms with Crippen LogP contribution in [0.2, 0.25) is 0 Å². The first kappa shape index (κ1) is 22.2. The summed E-state index contributed by atoms with van der Waals surface area (Å²) >= 11 is 1.27. The summed E-state index contributed by atoms with van der Waals surface area (Å²) in [5.74, 6) is 0.133. The maximum Gasteiger partial charge on any atom is 0.265 e. The van der Waals surface area contributed by atoms with Gasteiger partial charge in [0.05, 0.1) is 17.8 Å². The summed E-state index contributed by atoms with van der Waals surface area (Å²) in [6, 6.07) is 19.5. The second-order valence-electron chi connectivity index (χ2n) is 6.67. The van der Waals surface area contributed by atoms with Crippen LogP contribution in [-0.2, 0) is 23.5 Å². The van der Waals surface area contributed by atoms with Gasteiger partial charge in [0.25, 0.3) is 5.91 Å². The first-order chi connectivity index (χ1) is 15.1. The van der Waals surface area contributed by atoms with E-state index in [0.717, 1.165) is 17.7 Å². The second kappa shape index (κ2) is 11.0. The molecule has 0 bridgehead atoms. The van der Waals surface area contributed by atoms with E-state index in [-0.39, 0.29) is 17.9 Å². The highest BCUT2D eigenvalue weighted by molar-refractivity contribution is 8.02. The van der Waals surface area contributed by atoms with E-state index in [1.54, 1.807) is 24.3 Å². The van der Waals surface area contributed by atoms with Crippen LogP contribution in [0.15, 0.2) is 81.9 Å². The molecule has 31 heavy (non-hydrogen) atoms. The van der Waals surface area contributed by atoms with Crippen LogP contribution in [0.3, 0.4) is 0 Å². The molecule has 1 heterocycles. The van der Waals surface area contributed by atoms with Crippen LogP contribution in [0.5, 0.6) is 0 Å². The number of nitriles is 1. The third-order valence-electron chi connectivity index (χ3n) is 4.46. The van der Waals surface area contributed by atoms with E-state index >= 15 is 0 Å². The van der Waals surface area contributed by atoms with Crippen molar-refractivity contribution in [3.05, 3.63) is 100 Å². The number of carbonyl (C=O) groups is 1. The lowest BCUT2D eigenvalue weighted by Gasteiger charge is -2.14. The molecule has 2 aromatic carbocycles. The molecule has 5 nitrogen and oxygen atoms in total. The summed E-state index contributed by atoms with van der Waals surface area (Å²) in [5, 5.41) is 16.0. The molecule has 158 valence electrons. The molecule has 3 rings (SSSR count). The molecule has 7 heteroatoms. The van der Waals surface area contributed by atoms with Crippen molar-refractivity contribution in [1.82, 2.24) is 5.32 Å². The van der Waals surface area contributed by atoms with Crippen molar-refractivity contribution in [2.24, 2.45) is 0 Å². The predicted molar refractivity (Wildman–Crippen MR) is 120 cm³/mol. The van der Waals surface area contributed by atoms with Crippen molar-refractivity contribution in [2.75, 3.05) is 5.32 Å². The third-order valence-corrected chi connectivity index (χ3v) is 5.53. The quantitative estimate of drug-likeness (QED) is 0.349. The second-order valence-corrected chi connectivity index (χ2v) is 7.66. The van der Waals surface area contributed by atoms with Gasteiger partial charge in [0.15, 0.2) is 0 Å². The number of furan rings is 1. The van der Waals surface area contributed by atoms with E-state index in [1.165, 1.54) is 35.7 Å². The molecule has 0 atom stereocenters. The highest BCUT2D eigenvalue weighted by Crippen LogP contribution is 2.27. The molecule has 0 aliphatic rings. The van der Waals surface area contributed by atoms with Gasteiger partial charge in [0.1, 0.15) is 23.2 Å². The van der Waals surface area contributed by atoms with Gasteiger partial charge in [-0.15, -0.1) is 11.8 Å². The molecule has 3 aromatic rings. The molecule has 1 aromatic heterocycles. The summed E-state index contributed by atoms with van der Waals surface area (Å²) < 4.78 is 18.8. The lowest BCUT2D eigenvalue weighted by Crippen LogP contribution is -2.25. The lowest BCUT2D eigenvalue weighted by atomic mass is 10.1. The van der Waals surface area contributed by atoms with Crippen LogP contribution in [0, 0.1) is 17.1 Å². The predicted octanol–water partition coefficient (Wildman–Crippen LogP) is 5.38. The molecule has 0 aliphatic heterocycles. The molecule has 0 spiro atoms. The zero-order chi connectivity index (χ0) is 22.1. The highest BCUT2D eigenvalue weighted by Gasteiger charge is 2.17. The molecule has 0 fully saturated rings. The number of hydrogen-bond acceptors (Lipinski definition) is 5. The van der Waals surface area contributed by atoms with E-state index in [2.05, 4.69) is 17.6 Å². The summed E-state index contributed by atoms with van der Waals surface area (Å²) in [5.41, 5.74) is 2.64. The Hall–Kier alpha value is -3.50. The number of carbonyl (C=O) groups excluding carboxylic acids is 1. The highest BCUT2D eigenvalue weighted by atomic mass is 32.2. The SMILES string of the molecule is CCc1ccc(NC(SCc2cccc(F)c2)=C(C#N)C(=O)NCc2ccco2)cc1. The number of amides is 1. The number of hydrogen-bond donors (Lipinski definition) is 2. The van der Waals surface area contributed by atoms with Gasteiger partial charge in [-0.1, -0.05) is 31.2 Å². The Morgan fingerprint density at radius 2 is 1.94 bits per heavy atom. The molecule has 0 radical (unpaired) electrons. The van der Waals surface area contributed by atoms with Gasteiger partial charge in [0.2, 0.25) is 0 Å². The minimum atomic E-state index is -0.515. The zero-order valence-corrected chi connectivity index (χ0v) is 17.8. The molecule has 0 saturated carbocycles. The van der Waals surface area contributed by atoms with Gasteiger partial charge in [-0.05, 0) is 53.9 Å². The topological polar surface area (TPSA) is 78.1 Å². The van der Waals surface area contributed by atoms with Gasteiger partial charge < -0.3 is 15.1 Å². The van der Waals surface area contributed by atoms with Crippen LogP contribution in [0.25, 0.3) is 0 Å². The fourth-order valence-electron chi connectivity index (χ4n) is 2.78. The molecular weight excluding hydrogens is 413 g/mol. The Balaban J connectivity index is 1.83. The Morgan fingerprint density at radius 3 is 2.58 bits per heavy atom. The fourth-order valence-corrected chi connectivity index (χ4v) is 3.74. The average Bonchev–Trinajstić information content (AvgIpc) is 3.30. The van der Waals surface area contributed by atoms with Gasteiger partial charge in [0, 0.05) is 11.4 Å². The molecule has 2 N–H and O–H groups in total. The number of nitrogens with zero attached hydrogens (tertiary/aromatic N) is 1. The number of anilines is 1. The monoisotopic (exact) mass is 435 g/mol. The zero-order valence-electron chi connectivity index (χ0n) is 17.0. The van der Waals surface area contributed by atoms with E-state index in [9.17, 15) is 14.4 Å². The standard InChI is InChI=1S/C24H22FN3O2S/c1-2-17-8-10-20(11-9-17)28-24(31-16-18-5-3-6-19(25)13-18)22(14-26)23(29)27-15-21-7-4-12-30-21/h3-13,28H,2,15-16H2,1H3,(H,27,29). The maximum atomic E-state index is 13.5. The maximum absolute atomic E-state index is 13.5. The number of rotatable bonds is 9. The first-order valence-electron chi connectivity index (χ1n) is 9.77. The Kier molecular flexibility index (Phi) is 7.91. The number of aryl methyl sites for hydroxylation is 1. The van der Waals surface area contributed by atoms with Crippen molar-refractivity contribution in [1.29, 1.82) is 5.26 Å². The van der Waals surface area contributed by atoms with E-state index in [0.29, 0.717) is 16.5 Å². The molecule has 1 amide bonds. The third kappa shape index (κ3) is 6.49. The van der Waals surface area contributed by atoms with Gasteiger partial charge in [-0.3, -0.25) is 4.79 Å². The average molecular weight is 436 g/mol. The van der Waals surface area contributed by atoms with E-state index in [1.807, 2.05) is 30.3 Å². The molecule has 0 aliphatic carbocycles. The molecular formula is C24H22FN3O2S. The molecule has 0 unspecified atom stereocenters. The van der Waals surface area contributed by atoms with Crippen LogP contribution < -0.4 is 10.6 Å². The Bertz CT molecular complexity index is 1090. The van der Waals surface area contributed by atoms with E-state index in [4.69, 9.17) is 4.42 Å². The normalized spacial score (nSPS) is 11.4. The van der Waals surface area contributed by atoms with Crippen LogP contribution in [0.1, 0.15) is 23.8 Å². The molecule has 0 saturated heterocycles. The minimum absolute atomic E-state index is 0.0486. The number of thioether (sulfide) groups is 1. The van der Waals surface area contributed by atoms with Crippen LogP contribution in [0.4, 0.5) is 10.1 Å². The summed E-state index contributed by atoms with van der Waals surface area (Å²) in [6.07, 6.45) is 2.43. The largest absolute Gasteiger partial charge is 0.467 e. The smallest absolute Gasteiger partial charge is 0.265 e. The van der Waals surface area contributed by atoms with E-state index < -0.39 is 5.91 Å². The van der Waals surface area contributed by atoms with Crippen molar-refractivity contribution in [2.45, 2.75) is 25.6 Å². The fraction of sp³-hybridized carbons (Fsp3) is 0.167. The van der Waals surface area contributed by atoms with Crippen molar-refractivity contribution in [3.63, 3.8) is 0 Å².